The van der Waals surface area contributed by atoms with Crippen molar-refractivity contribution in [2.75, 3.05) is 52.4 Å². The van der Waals surface area contributed by atoms with E-state index in [2.05, 4.69) is 9.80 Å². The third-order valence-electron chi connectivity index (χ3n) is 5.60. The fourth-order valence-electron chi connectivity index (χ4n) is 3.80. The molecule has 174 valence electrons. The van der Waals surface area contributed by atoms with E-state index in [4.69, 9.17) is 24.9 Å². The van der Waals surface area contributed by atoms with E-state index >= 15 is 0 Å². The molecule has 10 nitrogen and oxygen atoms in total. The highest BCUT2D eigenvalue weighted by molar-refractivity contribution is 7.89. The summed E-state index contributed by atoms with van der Waals surface area (Å²) in [6.07, 6.45) is 1.79. The van der Waals surface area contributed by atoms with Gasteiger partial charge in [-0.3, -0.25) is 9.80 Å². The van der Waals surface area contributed by atoms with Crippen LogP contribution in [0.4, 0.5) is 0 Å². The quantitative estimate of drug-likeness (QED) is 0.518. The van der Waals surface area contributed by atoms with Crippen molar-refractivity contribution in [3.05, 3.63) is 29.8 Å². The Morgan fingerprint density at radius 3 is 1.90 bits per heavy atom. The van der Waals surface area contributed by atoms with Crippen molar-refractivity contribution in [1.82, 2.24) is 14.1 Å². The van der Waals surface area contributed by atoms with Crippen molar-refractivity contribution in [2.45, 2.75) is 30.7 Å². The second-order valence-corrected chi connectivity index (χ2v) is 9.60. The number of hydrogen-bond acceptors (Lipinski definition) is 7. The smallest absolute Gasteiger partial charge is 0.414 e. The van der Waals surface area contributed by atoms with Crippen LogP contribution >= 0.6 is 0 Å². The van der Waals surface area contributed by atoms with Crippen molar-refractivity contribution in [3.63, 3.8) is 0 Å². The van der Waals surface area contributed by atoms with Gasteiger partial charge in [-0.25, -0.2) is 18.0 Å². The van der Waals surface area contributed by atoms with Gasteiger partial charge in [0, 0.05) is 51.9 Å². The molecule has 1 aromatic rings. The highest BCUT2D eigenvalue weighted by Crippen LogP contribution is 2.24. The first-order valence-corrected chi connectivity index (χ1v) is 11.7. The number of piperazine rings is 1. The third kappa shape index (κ3) is 7.25. The van der Waals surface area contributed by atoms with Gasteiger partial charge in [-0.1, -0.05) is 17.7 Å². The molecule has 2 aliphatic rings. The molecule has 1 aromatic carbocycles. The molecule has 0 bridgehead atoms. The lowest BCUT2D eigenvalue weighted by atomic mass is 10.0. The van der Waals surface area contributed by atoms with E-state index in [-0.39, 0.29) is 6.61 Å². The molecule has 3 rings (SSSR count). The number of aliphatic carboxylic acids is 2. The van der Waals surface area contributed by atoms with Crippen LogP contribution in [-0.4, -0.2) is 108 Å². The van der Waals surface area contributed by atoms with Gasteiger partial charge < -0.3 is 15.3 Å². The topological polar surface area (TPSA) is 139 Å². The van der Waals surface area contributed by atoms with Gasteiger partial charge in [0.25, 0.3) is 0 Å². The Balaban J connectivity index is 0.000000501. The second kappa shape index (κ2) is 11.5. The Labute approximate surface area is 182 Å². The molecule has 2 fully saturated rings. The van der Waals surface area contributed by atoms with E-state index in [0.29, 0.717) is 24.0 Å². The summed E-state index contributed by atoms with van der Waals surface area (Å²) in [5, 5.41) is 23.8. The van der Waals surface area contributed by atoms with Gasteiger partial charge >= 0.3 is 11.9 Å². The maximum absolute atomic E-state index is 12.8. The van der Waals surface area contributed by atoms with Crippen LogP contribution in [0, 0.1) is 6.92 Å². The first kappa shape index (κ1) is 25.2. The fourth-order valence-corrected chi connectivity index (χ4v) is 5.27. The molecule has 2 heterocycles. The Bertz CT molecular complexity index is 817. The monoisotopic (exact) mass is 457 g/mol. The van der Waals surface area contributed by atoms with Crippen LogP contribution < -0.4 is 0 Å². The first-order valence-electron chi connectivity index (χ1n) is 10.3. The van der Waals surface area contributed by atoms with Crippen LogP contribution in [0.2, 0.25) is 0 Å². The van der Waals surface area contributed by atoms with Crippen LogP contribution in [0.3, 0.4) is 0 Å². The molecule has 0 aliphatic carbocycles. The molecular weight excluding hydrogens is 426 g/mol. The molecular formula is C20H31N3O7S. The minimum absolute atomic E-state index is 0.218. The highest BCUT2D eigenvalue weighted by atomic mass is 32.2. The Kier molecular flexibility index (Phi) is 9.38. The van der Waals surface area contributed by atoms with E-state index in [1.807, 2.05) is 19.1 Å². The number of sulfonamides is 1. The molecule has 31 heavy (non-hydrogen) atoms. The maximum atomic E-state index is 12.8. The van der Waals surface area contributed by atoms with Gasteiger partial charge in [0.1, 0.15) is 0 Å². The standard InChI is InChI=1S/C18H29N3O3S.C2H2O4/c1-16-2-4-18(5-3-16)25(23,24)21-8-6-17(7-9-21)20-12-10-19(11-13-20)14-15-22;3-1(4)2(5)6/h2-5,17,22H,6-15H2,1H3;(H,3,4)(H,5,6). The minimum Gasteiger partial charge on any atom is -0.473 e. The fraction of sp³-hybridized carbons (Fsp3) is 0.600. The van der Waals surface area contributed by atoms with E-state index in [9.17, 15) is 8.42 Å². The zero-order chi connectivity index (χ0) is 23.0. The van der Waals surface area contributed by atoms with Gasteiger partial charge in [0.15, 0.2) is 0 Å². The number of benzene rings is 1. The summed E-state index contributed by atoms with van der Waals surface area (Å²) in [7, 11) is -3.37. The second-order valence-electron chi connectivity index (χ2n) is 7.66. The molecule has 0 aromatic heterocycles. The van der Waals surface area contributed by atoms with Gasteiger partial charge in [0.2, 0.25) is 10.0 Å². The SMILES string of the molecule is Cc1ccc(S(=O)(=O)N2CCC(N3CCN(CCO)CC3)CC2)cc1.O=C(O)C(=O)O. The lowest BCUT2D eigenvalue weighted by Crippen LogP contribution is -2.54. The molecule has 0 spiro atoms. The lowest BCUT2D eigenvalue weighted by Gasteiger charge is -2.42. The average Bonchev–Trinajstić information content (AvgIpc) is 2.75. The van der Waals surface area contributed by atoms with Crippen LogP contribution in [0.15, 0.2) is 29.2 Å². The summed E-state index contributed by atoms with van der Waals surface area (Å²) in [6.45, 7) is 8.11. The summed E-state index contributed by atoms with van der Waals surface area (Å²) in [5.74, 6) is -3.65. The van der Waals surface area contributed by atoms with E-state index in [1.54, 1.807) is 16.4 Å². The molecule has 0 amide bonds. The largest absolute Gasteiger partial charge is 0.473 e. The lowest BCUT2D eigenvalue weighted by molar-refractivity contribution is -0.159. The number of aliphatic hydroxyl groups is 1. The molecule has 0 saturated carbocycles. The molecule has 3 N–H and O–H groups in total. The zero-order valence-corrected chi connectivity index (χ0v) is 18.5. The highest BCUT2D eigenvalue weighted by Gasteiger charge is 2.32. The minimum atomic E-state index is -3.37. The van der Waals surface area contributed by atoms with E-state index in [0.717, 1.165) is 51.1 Å². The first-order chi connectivity index (χ1) is 14.6. The van der Waals surface area contributed by atoms with Crippen LogP contribution in [0.25, 0.3) is 0 Å². The number of rotatable bonds is 5. The van der Waals surface area contributed by atoms with Crippen molar-refractivity contribution >= 4 is 22.0 Å². The number of piperidine rings is 1. The number of carbonyl (C=O) groups is 2. The average molecular weight is 458 g/mol. The number of nitrogens with zero attached hydrogens (tertiary/aromatic N) is 3. The van der Waals surface area contributed by atoms with Gasteiger partial charge in [-0.15, -0.1) is 0 Å². The summed E-state index contributed by atoms with van der Waals surface area (Å²) in [5.41, 5.74) is 1.07. The molecule has 2 aliphatic heterocycles. The van der Waals surface area contributed by atoms with Crippen LogP contribution in [0.5, 0.6) is 0 Å². The van der Waals surface area contributed by atoms with Crippen LogP contribution in [0.1, 0.15) is 18.4 Å². The Hall–Kier alpha value is -2.05. The molecule has 2 saturated heterocycles. The number of aryl methyl sites for hydroxylation is 1. The van der Waals surface area contributed by atoms with Crippen molar-refractivity contribution < 1.29 is 33.3 Å². The number of hydrogen-bond donors (Lipinski definition) is 3. The predicted molar refractivity (Wildman–Crippen MR) is 113 cm³/mol. The number of β-amino-alcohol motifs (C(OH)–C–C–N with tert-alkyl or cyclic N) is 1. The van der Waals surface area contributed by atoms with E-state index in [1.165, 1.54) is 0 Å². The molecule has 11 heteroatoms. The molecule has 0 atom stereocenters. The van der Waals surface area contributed by atoms with Gasteiger partial charge in [-0.2, -0.15) is 4.31 Å². The summed E-state index contributed by atoms with van der Waals surface area (Å²) >= 11 is 0. The predicted octanol–water partition coefficient (Wildman–Crippen LogP) is -0.0864. The summed E-state index contributed by atoms with van der Waals surface area (Å²) in [4.78, 5) is 23.4. The Morgan fingerprint density at radius 2 is 1.45 bits per heavy atom. The Morgan fingerprint density at radius 1 is 0.935 bits per heavy atom. The molecule has 0 unspecified atom stereocenters. The van der Waals surface area contributed by atoms with Crippen molar-refractivity contribution in [2.24, 2.45) is 0 Å². The third-order valence-corrected chi connectivity index (χ3v) is 7.52. The van der Waals surface area contributed by atoms with E-state index < -0.39 is 22.0 Å². The van der Waals surface area contributed by atoms with Crippen molar-refractivity contribution in [3.8, 4) is 0 Å². The zero-order valence-electron chi connectivity index (χ0n) is 17.7. The normalized spacial score (nSPS) is 19.4. The van der Waals surface area contributed by atoms with Crippen LogP contribution in [-0.2, 0) is 19.6 Å². The number of carboxylic acid groups (broad SMARTS) is 2. The van der Waals surface area contributed by atoms with Crippen molar-refractivity contribution in [1.29, 1.82) is 0 Å². The summed E-state index contributed by atoms with van der Waals surface area (Å²) in [6, 6.07) is 7.59. The number of aliphatic hydroxyl groups excluding tert-OH is 1. The van der Waals surface area contributed by atoms with Gasteiger partial charge in [0.05, 0.1) is 11.5 Å². The number of carboxylic acids is 2. The van der Waals surface area contributed by atoms with Gasteiger partial charge in [-0.05, 0) is 31.9 Å². The molecule has 0 radical (unpaired) electrons. The maximum Gasteiger partial charge on any atom is 0.414 e. The summed E-state index contributed by atoms with van der Waals surface area (Å²) < 4.78 is 27.2.